The second-order valence-corrected chi connectivity index (χ2v) is 9.10. The van der Waals surface area contributed by atoms with Crippen LogP contribution >= 0.6 is 0 Å². The Hall–Kier alpha value is -3.24. The Balaban J connectivity index is 1.57. The monoisotopic (exact) mass is 425 g/mol. The molecule has 0 bridgehead atoms. The van der Waals surface area contributed by atoms with Crippen molar-refractivity contribution in [3.8, 4) is 0 Å². The highest BCUT2D eigenvalue weighted by Gasteiger charge is 2.50. The lowest BCUT2D eigenvalue weighted by molar-refractivity contribution is -0.128. The summed E-state index contributed by atoms with van der Waals surface area (Å²) in [6, 6.07) is 23.4. The fourth-order valence-corrected chi connectivity index (χ4v) is 5.18. The van der Waals surface area contributed by atoms with Gasteiger partial charge >= 0.3 is 0 Å². The maximum absolute atomic E-state index is 13.9. The number of carbonyl (C=O) groups is 2. The van der Waals surface area contributed by atoms with Crippen molar-refractivity contribution in [1.29, 1.82) is 0 Å². The van der Waals surface area contributed by atoms with Gasteiger partial charge in [0.15, 0.2) is 0 Å². The topological polar surface area (TPSA) is 46.6 Å². The molecule has 4 nitrogen and oxygen atoms in total. The summed E-state index contributed by atoms with van der Waals surface area (Å²) >= 11 is 0. The molecule has 0 saturated carbocycles. The van der Waals surface area contributed by atoms with Gasteiger partial charge in [0.2, 0.25) is 0 Å². The van der Waals surface area contributed by atoms with Crippen molar-refractivity contribution in [3.63, 3.8) is 0 Å². The molecule has 162 valence electrons. The third kappa shape index (κ3) is 3.26. The summed E-state index contributed by atoms with van der Waals surface area (Å²) in [5.41, 5.74) is 2.43. The smallest absolute Gasteiger partial charge is 0.261 e. The minimum absolute atomic E-state index is 0.216. The van der Waals surface area contributed by atoms with E-state index in [1.54, 1.807) is 0 Å². The summed E-state index contributed by atoms with van der Waals surface area (Å²) in [6.07, 6.45) is 1.35. The Morgan fingerprint density at radius 1 is 1.00 bits per heavy atom. The number of imide groups is 1. The Bertz CT molecular complexity index is 1220. The van der Waals surface area contributed by atoms with Gasteiger partial charge in [0.1, 0.15) is 5.60 Å². The molecule has 0 aromatic heterocycles. The van der Waals surface area contributed by atoms with E-state index in [4.69, 9.17) is 4.74 Å². The summed E-state index contributed by atoms with van der Waals surface area (Å²) in [5.74, 6) is -0.137. The second kappa shape index (κ2) is 8.03. The minimum Gasteiger partial charge on any atom is -0.361 e. The summed E-state index contributed by atoms with van der Waals surface area (Å²) < 4.78 is 6.43. The number of rotatable bonds is 4. The average molecular weight is 426 g/mol. The van der Waals surface area contributed by atoms with E-state index in [0.717, 1.165) is 21.9 Å². The largest absolute Gasteiger partial charge is 0.361 e. The molecule has 2 amide bonds. The predicted octanol–water partition coefficient (Wildman–Crippen LogP) is 5.48. The van der Waals surface area contributed by atoms with Crippen molar-refractivity contribution in [2.24, 2.45) is 5.92 Å². The molecule has 0 aliphatic carbocycles. The van der Waals surface area contributed by atoms with Gasteiger partial charge in [-0.05, 0) is 46.7 Å². The van der Waals surface area contributed by atoms with Gasteiger partial charge in [0.25, 0.3) is 11.8 Å². The fraction of sp³-hybridized carbons (Fsp3) is 0.286. The van der Waals surface area contributed by atoms with Crippen molar-refractivity contribution < 1.29 is 14.3 Å². The molecular formula is C28H27NO3. The number of fused-ring (bicyclic) bond motifs is 1. The van der Waals surface area contributed by atoms with Crippen LogP contribution in [0.5, 0.6) is 0 Å². The molecule has 4 heteroatoms. The normalized spacial score (nSPS) is 20.8. The molecule has 3 aromatic carbocycles. The number of hydrogen-bond donors (Lipinski definition) is 0. The molecule has 0 spiro atoms. The molecule has 1 unspecified atom stereocenters. The van der Waals surface area contributed by atoms with E-state index in [1.165, 1.54) is 4.90 Å². The van der Waals surface area contributed by atoms with Gasteiger partial charge in [0, 0.05) is 12.1 Å². The van der Waals surface area contributed by atoms with Crippen LogP contribution in [0.3, 0.4) is 0 Å². The van der Waals surface area contributed by atoms with E-state index < -0.39 is 5.60 Å². The lowest BCUT2D eigenvalue weighted by Gasteiger charge is -2.36. The highest BCUT2D eigenvalue weighted by Crippen LogP contribution is 2.48. The second-order valence-electron chi connectivity index (χ2n) is 9.10. The Labute approximate surface area is 188 Å². The molecule has 2 heterocycles. The van der Waals surface area contributed by atoms with E-state index in [2.05, 4.69) is 13.8 Å². The SMILES string of the molecule is CC(C)CC1(c2ccccc2)OCC2=C1C(=O)N(C(=O)c1cccc3ccccc13)CC2. The van der Waals surface area contributed by atoms with E-state index >= 15 is 0 Å². The molecule has 2 aliphatic heterocycles. The summed E-state index contributed by atoms with van der Waals surface area (Å²) in [7, 11) is 0. The lowest BCUT2D eigenvalue weighted by atomic mass is 9.77. The minimum atomic E-state index is -0.806. The van der Waals surface area contributed by atoms with Gasteiger partial charge in [-0.15, -0.1) is 0 Å². The van der Waals surface area contributed by atoms with Gasteiger partial charge < -0.3 is 4.74 Å². The molecule has 0 fully saturated rings. The fourth-order valence-electron chi connectivity index (χ4n) is 5.18. The third-order valence-electron chi connectivity index (χ3n) is 6.55. The summed E-state index contributed by atoms with van der Waals surface area (Å²) in [5, 5.41) is 1.86. The molecular weight excluding hydrogens is 398 g/mol. The van der Waals surface area contributed by atoms with Crippen LogP contribution in [0.2, 0.25) is 0 Å². The van der Waals surface area contributed by atoms with Crippen LogP contribution in [0.15, 0.2) is 83.9 Å². The highest BCUT2D eigenvalue weighted by molar-refractivity contribution is 6.16. The number of amides is 2. The quantitative estimate of drug-likeness (QED) is 0.520. The third-order valence-corrected chi connectivity index (χ3v) is 6.55. The van der Waals surface area contributed by atoms with Crippen LogP contribution in [0.4, 0.5) is 0 Å². The zero-order chi connectivity index (χ0) is 22.3. The molecule has 5 rings (SSSR count). The van der Waals surface area contributed by atoms with Crippen molar-refractivity contribution >= 4 is 22.6 Å². The number of nitrogens with zero attached hydrogens (tertiary/aromatic N) is 1. The maximum Gasteiger partial charge on any atom is 0.261 e. The molecule has 3 aromatic rings. The Morgan fingerprint density at radius 3 is 2.50 bits per heavy atom. The molecule has 32 heavy (non-hydrogen) atoms. The van der Waals surface area contributed by atoms with Crippen LogP contribution in [0, 0.1) is 5.92 Å². The first kappa shape index (κ1) is 20.7. The van der Waals surface area contributed by atoms with Crippen LogP contribution in [-0.4, -0.2) is 29.9 Å². The van der Waals surface area contributed by atoms with Crippen LogP contribution in [0.25, 0.3) is 10.8 Å². The maximum atomic E-state index is 13.9. The zero-order valence-electron chi connectivity index (χ0n) is 18.5. The van der Waals surface area contributed by atoms with Crippen LogP contribution in [-0.2, 0) is 15.1 Å². The Morgan fingerprint density at radius 2 is 1.72 bits per heavy atom. The molecule has 2 aliphatic rings. The van der Waals surface area contributed by atoms with Gasteiger partial charge in [-0.2, -0.15) is 0 Å². The van der Waals surface area contributed by atoms with Crippen LogP contribution in [0.1, 0.15) is 42.6 Å². The summed E-state index contributed by atoms with van der Waals surface area (Å²) in [6.45, 7) is 5.10. The van der Waals surface area contributed by atoms with Gasteiger partial charge in [-0.1, -0.05) is 80.6 Å². The van der Waals surface area contributed by atoms with Gasteiger partial charge in [0.05, 0.1) is 12.2 Å². The summed E-state index contributed by atoms with van der Waals surface area (Å²) in [4.78, 5) is 28.9. The number of ether oxygens (including phenoxy) is 1. The van der Waals surface area contributed by atoms with Crippen LogP contribution < -0.4 is 0 Å². The van der Waals surface area contributed by atoms with Crippen molar-refractivity contribution in [3.05, 3.63) is 95.1 Å². The van der Waals surface area contributed by atoms with E-state index in [9.17, 15) is 9.59 Å². The van der Waals surface area contributed by atoms with E-state index in [1.807, 2.05) is 72.8 Å². The van der Waals surface area contributed by atoms with Gasteiger partial charge in [-0.25, -0.2) is 0 Å². The van der Waals surface area contributed by atoms with E-state index in [0.29, 0.717) is 43.0 Å². The van der Waals surface area contributed by atoms with E-state index in [-0.39, 0.29) is 11.8 Å². The van der Waals surface area contributed by atoms with Crippen molar-refractivity contribution in [2.75, 3.05) is 13.2 Å². The molecule has 1 atom stereocenters. The molecule has 0 saturated heterocycles. The lowest BCUT2D eigenvalue weighted by Crippen LogP contribution is -2.46. The standard InChI is InChI=1S/C28H27NO3/c1-19(2)17-28(22-11-4-3-5-12-22)25-21(18-32-28)15-16-29(27(25)31)26(30)24-14-8-10-20-9-6-7-13-23(20)24/h3-14,19H,15-18H2,1-2H3. The average Bonchev–Trinajstić information content (AvgIpc) is 3.19. The van der Waals surface area contributed by atoms with Crippen molar-refractivity contribution in [1.82, 2.24) is 4.90 Å². The number of carbonyl (C=O) groups excluding carboxylic acids is 2. The Kier molecular flexibility index (Phi) is 5.18. The van der Waals surface area contributed by atoms with Crippen molar-refractivity contribution in [2.45, 2.75) is 32.3 Å². The molecule has 0 N–H and O–H groups in total. The first-order chi connectivity index (χ1) is 15.5. The first-order valence-corrected chi connectivity index (χ1v) is 11.3. The number of hydrogen-bond acceptors (Lipinski definition) is 3. The number of benzene rings is 3. The predicted molar refractivity (Wildman–Crippen MR) is 125 cm³/mol. The zero-order valence-corrected chi connectivity index (χ0v) is 18.5. The molecule has 0 radical (unpaired) electrons. The van der Waals surface area contributed by atoms with Gasteiger partial charge in [-0.3, -0.25) is 14.5 Å². The highest BCUT2D eigenvalue weighted by atomic mass is 16.5. The first-order valence-electron chi connectivity index (χ1n) is 11.3.